The number of hydrogen-bond acceptors (Lipinski definition) is 3. The molecule has 4 nitrogen and oxygen atoms in total. The number of imidazole rings is 1. The van der Waals surface area contributed by atoms with Crippen molar-refractivity contribution in [2.45, 2.75) is 0 Å². The SMILES string of the molecule is Oc1c(-c2cccc3cc4c(-c5ccccc5-c5nc6ccccc6n5-c5ccccc5)cccc4cc23)ccc2cccnc12. The van der Waals surface area contributed by atoms with Crippen LogP contribution in [0.15, 0.2) is 158 Å². The van der Waals surface area contributed by atoms with E-state index in [0.29, 0.717) is 5.52 Å². The molecule has 0 atom stereocenters. The van der Waals surface area contributed by atoms with E-state index in [0.717, 1.165) is 77.3 Å². The number of rotatable bonds is 4. The number of nitrogens with zero attached hydrogens (tertiary/aromatic N) is 3. The number of aromatic nitrogens is 3. The lowest BCUT2D eigenvalue weighted by atomic mass is 9.90. The first-order valence-electron chi connectivity index (χ1n) is 15.4. The Kier molecular flexibility index (Phi) is 5.93. The number of phenolic OH excluding ortho intramolecular Hbond substituents is 1. The van der Waals surface area contributed by atoms with Gasteiger partial charge in [0.2, 0.25) is 0 Å². The van der Waals surface area contributed by atoms with Gasteiger partial charge < -0.3 is 5.11 Å². The van der Waals surface area contributed by atoms with Crippen LogP contribution in [0, 0.1) is 0 Å². The van der Waals surface area contributed by atoms with E-state index in [2.05, 4.69) is 125 Å². The molecule has 0 spiro atoms. The summed E-state index contributed by atoms with van der Waals surface area (Å²) in [5, 5.41) is 16.7. The van der Waals surface area contributed by atoms with Gasteiger partial charge in [-0.3, -0.25) is 9.55 Å². The molecule has 0 fully saturated rings. The van der Waals surface area contributed by atoms with Crippen molar-refractivity contribution in [1.29, 1.82) is 0 Å². The molecule has 0 aliphatic carbocycles. The van der Waals surface area contributed by atoms with E-state index in [4.69, 9.17) is 4.98 Å². The maximum absolute atomic E-state index is 11.3. The van der Waals surface area contributed by atoms with Crippen LogP contribution < -0.4 is 0 Å². The van der Waals surface area contributed by atoms with E-state index in [1.165, 1.54) is 0 Å². The Hall–Kier alpha value is -6.26. The molecule has 4 heteroatoms. The fourth-order valence-corrected chi connectivity index (χ4v) is 6.83. The summed E-state index contributed by atoms with van der Waals surface area (Å²) in [5.41, 5.74) is 8.80. The Balaban J connectivity index is 1.26. The van der Waals surface area contributed by atoms with Gasteiger partial charge in [-0.2, -0.15) is 0 Å². The zero-order valence-corrected chi connectivity index (χ0v) is 24.8. The van der Waals surface area contributed by atoms with E-state index in [-0.39, 0.29) is 5.75 Å². The second-order valence-corrected chi connectivity index (χ2v) is 11.6. The number of phenols is 1. The van der Waals surface area contributed by atoms with Crippen LogP contribution in [0.3, 0.4) is 0 Å². The predicted octanol–water partition coefficient (Wildman–Crippen LogP) is 10.6. The van der Waals surface area contributed by atoms with Gasteiger partial charge in [-0.1, -0.05) is 103 Å². The number of para-hydroxylation sites is 3. The number of aromatic hydroxyl groups is 1. The van der Waals surface area contributed by atoms with Gasteiger partial charge >= 0.3 is 0 Å². The van der Waals surface area contributed by atoms with Crippen molar-refractivity contribution < 1.29 is 5.11 Å². The molecule has 1 N–H and O–H groups in total. The van der Waals surface area contributed by atoms with Crippen LogP contribution in [0.2, 0.25) is 0 Å². The minimum Gasteiger partial charge on any atom is -0.505 e. The van der Waals surface area contributed by atoms with E-state index in [9.17, 15) is 5.11 Å². The molecule has 0 aliphatic rings. The predicted molar refractivity (Wildman–Crippen MR) is 189 cm³/mol. The fourth-order valence-electron chi connectivity index (χ4n) is 6.83. The van der Waals surface area contributed by atoms with Gasteiger partial charge in [0.1, 0.15) is 17.1 Å². The number of pyridine rings is 1. The van der Waals surface area contributed by atoms with Gasteiger partial charge in [-0.25, -0.2) is 4.98 Å². The molecular formula is C42H27N3O. The van der Waals surface area contributed by atoms with E-state index < -0.39 is 0 Å². The minimum absolute atomic E-state index is 0.203. The minimum atomic E-state index is 0.203. The van der Waals surface area contributed by atoms with Crippen molar-refractivity contribution >= 4 is 43.5 Å². The first kappa shape index (κ1) is 26.2. The normalized spacial score (nSPS) is 11.6. The Bertz CT molecular complexity index is 2600. The maximum atomic E-state index is 11.3. The Morgan fingerprint density at radius 2 is 1.11 bits per heavy atom. The molecule has 0 amide bonds. The summed E-state index contributed by atoms with van der Waals surface area (Å²) in [7, 11) is 0. The molecule has 7 aromatic carbocycles. The Morgan fingerprint density at radius 3 is 1.89 bits per heavy atom. The van der Waals surface area contributed by atoms with Gasteiger partial charge in [0.15, 0.2) is 0 Å². The Labute approximate surface area is 265 Å². The van der Waals surface area contributed by atoms with Gasteiger partial charge in [0.05, 0.1) is 11.0 Å². The van der Waals surface area contributed by atoms with Crippen LogP contribution >= 0.6 is 0 Å². The first-order valence-corrected chi connectivity index (χ1v) is 15.4. The summed E-state index contributed by atoms with van der Waals surface area (Å²) in [6.07, 6.45) is 1.72. The largest absolute Gasteiger partial charge is 0.505 e. The first-order chi connectivity index (χ1) is 22.7. The number of hydrogen-bond donors (Lipinski definition) is 1. The third-order valence-corrected chi connectivity index (χ3v) is 8.95. The highest BCUT2D eigenvalue weighted by molar-refractivity contribution is 6.11. The molecule has 216 valence electrons. The van der Waals surface area contributed by atoms with Crippen LogP contribution in [0.25, 0.3) is 82.8 Å². The monoisotopic (exact) mass is 589 g/mol. The molecule has 0 saturated heterocycles. The smallest absolute Gasteiger partial charge is 0.149 e. The van der Waals surface area contributed by atoms with Crippen molar-refractivity contribution in [1.82, 2.24) is 14.5 Å². The summed E-state index contributed by atoms with van der Waals surface area (Å²) in [6, 6.07) is 52.5. The lowest BCUT2D eigenvalue weighted by Gasteiger charge is -2.16. The molecule has 0 unspecified atom stereocenters. The molecule has 2 aromatic heterocycles. The highest BCUT2D eigenvalue weighted by atomic mass is 16.3. The van der Waals surface area contributed by atoms with Crippen LogP contribution in [-0.4, -0.2) is 19.6 Å². The molecule has 0 radical (unpaired) electrons. The standard InChI is InChI=1S/C42H27N3O/c46-41-34(23-22-27-13-10-24-43-40(27)41)33-19-9-12-29-25-36-28(26-37(29)33)11-8-18-32(36)31-16-4-5-17-35(31)42-44-38-20-6-7-21-39(38)45(42)30-14-2-1-3-15-30/h1-26,46H. The topological polar surface area (TPSA) is 50.9 Å². The van der Waals surface area contributed by atoms with Gasteiger partial charge in [-0.15, -0.1) is 0 Å². The van der Waals surface area contributed by atoms with Crippen molar-refractivity contribution in [3.8, 4) is 45.1 Å². The van der Waals surface area contributed by atoms with Crippen LogP contribution in [0.1, 0.15) is 0 Å². The van der Waals surface area contributed by atoms with Crippen LogP contribution in [0.5, 0.6) is 5.75 Å². The molecule has 0 bridgehead atoms. The number of benzene rings is 7. The summed E-state index contributed by atoms with van der Waals surface area (Å²) in [5.74, 6) is 1.11. The van der Waals surface area contributed by atoms with Crippen molar-refractivity contribution in [2.24, 2.45) is 0 Å². The lowest BCUT2D eigenvalue weighted by Crippen LogP contribution is -1.98. The van der Waals surface area contributed by atoms with Crippen LogP contribution in [-0.2, 0) is 0 Å². The van der Waals surface area contributed by atoms with Crippen molar-refractivity contribution in [3.05, 3.63) is 158 Å². The molecule has 46 heavy (non-hydrogen) atoms. The summed E-state index contributed by atoms with van der Waals surface area (Å²) in [4.78, 5) is 9.64. The van der Waals surface area contributed by atoms with Gasteiger partial charge in [0, 0.05) is 28.4 Å². The lowest BCUT2D eigenvalue weighted by molar-refractivity contribution is 0.482. The Morgan fingerprint density at radius 1 is 0.478 bits per heavy atom. The highest BCUT2D eigenvalue weighted by Crippen LogP contribution is 2.42. The third-order valence-electron chi connectivity index (χ3n) is 8.95. The van der Waals surface area contributed by atoms with E-state index in [1.54, 1.807) is 6.20 Å². The second kappa shape index (κ2) is 10.4. The number of fused-ring (bicyclic) bond motifs is 4. The van der Waals surface area contributed by atoms with E-state index in [1.807, 2.05) is 36.4 Å². The third kappa shape index (κ3) is 4.08. The average Bonchev–Trinajstić information content (AvgIpc) is 3.51. The molecular weight excluding hydrogens is 562 g/mol. The molecule has 0 saturated carbocycles. The molecule has 9 rings (SSSR count). The van der Waals surface area contributed by atoms with Gasteiger partial charge in [-0.05, 0) is 86.8 Å². The average molecular weight is 590 g/mol. The zero-order chi connectivity index (χ0) is 30.6. The van der Waals surface area contributed by atoms with Crippen molar-refractivity contribution in [2.75, 3.05) is 0 Å². The summed E-state index contributed by atoms with van der Waals surface area (Å²) in [6.45, 7) is 0. The maximum Gasteiger partial charge on any atom is 0.149 e. The molecule has 9 aromatic rings. The van der Waals surface area contributed by atoms with Gasteiger partial charge in [0.25, 0.3) is 0 Å². The molecule has 0 aliphatic heterocycles. The zero-order valence-electron chi connectivity index (χ0n) is 24.8. The molecule has 2 heterocycles. The second-order valence-electron chi connectivity index (χ2n) is 11.6. The fraction of sp³-hybridized carbons (Fsp3) is 0. The van der Waals surface area contributed by atoms with Crippen LogP contribution in [0.4, 0.5) is 0 Å². The quantitative estimate of drug-likeness (QED) is 0.208. The summed E-state index contributed by atoms with van der Waals surface area (Å²) < 4.78 is 2.26. The van der Waals surface area contributed by atoms with Crippen molar-refractivity contribution in [3.63, 3.8) is 0 Å². The van der Waals surface area contributed by atoms with E-state index >= 15 is 0 Å². The highest BCUT2D eigenvalue weighted by Gasteiger charge is 2.19. The summed E-state index contributed by atoms with van der Waals surface area (Å²) >= 11 is 0.